The van der Waals surface area contributed by atoms with Crippen LogP contribution in [0.25, 0.3) is 0 Å². The maximum Gasteiger partial charge on any atom is 0.471 e. The van der Waals surface area contributed by atoms with Crippen molar-refractivity contribution in [3.8, 4) is 0 Å². The molecule has 110 valence electrons. The molecule has 0 radical (unpaired) electrons. The first-order valence-electron chi connectivity index (χ1n) is 5.98. The van der Waals surface area contributed by atoms with E-state index in [0.717, 1.165) is 5.56 Å². The number of carbonyl (C=O) groups excluding carboxylic acids is 1. The molecule has 0 aromatic heterocycles. The minimum atomic E-state index is -4.91. The second-order valence-electron chi connectivity index (χ2n) is 4.25. The van der Waals surface area contributed by atoms with Crippen molar-refractivity contribution in [2.24, 2.45) is 0 Å². The number of aliphatic carboxylic acids is 1. The summed E-state index contributed by atoms with van der Waals surface area (Å²) in [5.41, 5.74) is 0.946. The lowest BCUT2D eigenvalue weighted by molar-refractivity contribution is -0.167. The number of halogens is 3. The third-order valence-electron chi connectivity index (χ3n) is 2.58. The molecule has 0 aliphatic carbocycles. The van der Waals surface area contributed by atoms with Crippen molar-refractivity contribution in [3.05, 3.63) is 29.8 Å². The molecule has 0 spiro atoms. The summed E-state index contributed by atoms with van der Waals surface area (Å²) in [6.07, 6.45) is -2.95. The minimum absolute atomic E-state index is 0.0709. The van der Waals surface area contributed by atoms with Gasteiger partial charge in [-0.05, 0) is 37.0 Å². The number of hydrogen-bond acceptors (Lipinski definition) is 2. The van der Waals surface area contributed by atoms with Gasteiger partial charge in [0.05, 0.1) is 0 Å². The Kier molecular flexibility index (Phi) is 5.54. The molecule has 1 aromatic rings. The summed E-state index contributed by atoms with van der Waals surface area (Å²) in [5, 5.41) is 10.2. The Hall–Kier alpha value is -2.05. The van der Waals surface area contributed by atoms with Gasteiger partial charge in [-0.3, -0.25) is 9.59 Å². The first kappa shape index (κ1) is 16.0. The van der Waals surface area contributed by atoms with Crippen molar-refractivity contribution in [2.45, 2.75) is 31.9 Å². The lowest BCUT2D eigenvalue weighted by Gasteiger charge is -2.08. The molecular formula is C13H14F3NO3. The average molecular weight is 289 g/mol. The highest BCUT2D eigenvalue weighted by atomic mass is 19.4. The van der Waals surface area contributed by atoms with Crippen LogP contribution in [0, 0.1) is 0 Å². The smallest absolute Gasteiger partial charge is 0.471 e. The molecule has 4 nitrogen and oxygen atoms in total. The second kappa shape index (κ2) is 6.93. The Balaban J connectivity index is 2.44. The van der Waals surface area contributed by atoms with Gasteiger partial charge in [-0.2, -0.15) is 13.2 Å². The van der Waals surface area contributed by atoms with Gasteiger partial charge in [0.1, 0.15) is 0 Å². The molecule has 0 saturated heterocycles. The Bertz CT molecular complexity index is 469. The Morgan fingerprint density at radius 3 is 2.20 bits per heavy atom. The predicted molar refractivity (Wildman–Crippen MR) is 66.3 cm³/mol. The van der Waals surface area contributed by atoms with Crippen LogP contribution in [0.3, 0.4) is 0 Å². The molecule has 0 atom stereocenters. The van der Waals surface area contributed by atoms with Crippen LogP contribution in [0.4, 0.5) is 18.9 Å². The fourth-order valence-electron chi connectivity index (χ4n) is 1.56. The molecule has 20 heavy (non-hydrogen) atoms. The van der Waals surface area contributed by atoms with E-state index in [0.29, 0.717) is 19.3 Å². The zero-order chi connectivity index (χ0) is 15.2. The van der Waals surface area contributed by atoms with Gasteiger partial charge in [0.25, 0.3) is 0 Å². The van der Waals surface area contributed by atoms with Crippen LogP contribution >= 0.6 is 0 Å². The highest BCUT2D eigenvalue weighted by Crippen LogP contribution is 2.19. The summed E-state index contributed by atoms with van der Waals surface area (Å²) in [6, 6.07) is 5.98. The second-order valence-corrected chi connectivity index (χ2v) is 4.25. The predicted octanol–water partition coefficient (Wildman–Crippen LogP) is 2.98. The zero-order valence-corrected chi connectivity index (χ0v) is 10.5. The molecule has 0 heterocycles. The van der Waals surface area contributed by atoms with Crippen LogP contribution in [0.15, 0.2) is 24.3 Å². The van der Waals surface area contributed by atoms with Crippen LogP contribution in [0.5, 0.6) is 0 Å². The molecule has 2 N–H and O–H groups in total. The monoisotopic (exact) mass is 289 g/mol. The maximum atomic E-state index is 12.0. The summed E-state index contributed by atoms with van der Waals surface area (Å²) in [7, 11) is 0. The van der Waals surface area contributed by atoms with Crippen LogP contribution in [-0.2, 0) is 16.0 Å². The molecule has 0 saturated carbocycles. The molecule has 0 aliphatic rings. The van der Waals surface area contributed by atoms with Crippen molar-refractivity contribution in [3.63, 3.8) is 0 Å². The van der Waals surface area contributed by atoms with Gasteiger partial charge < -0.3 is 10.4 Å². The Morgan fingerprint density at radius 1 is 1.10 bits per heavy atom. The third-order valence-corrected chi connectivity index (χ3v) is 2.58. The van der Waals surface area contributed by atoms with Gasteiger partial charge >= 0.3 is 18.1 Å². The average Bonchev–Trinajstić information content (AvgIpc) is 2.35. The molecule has 0 bridgehead atoms. The largest absolute Gasteiger partial charge is 0.481 e. The van der Waals surface area contributed by atoms with Crippen molar-refractivity contribution in [1.82, 2.24) is 0 Å². The molecule has 0 aliphatic heterocycles. The molecule has 7 heteroatoms. The normalized spacial score (nSPS) is 11.2. The number of carboxylic acids is 1. The first-order valence-corrected chi connectivity index (χ1v) is 5.98. The van der Waals surface area contributed by atoms with Gasteiger partial charge in [0.15, 0.2) is 0 Å². The highest BCUT2D eigenvalue weighted by Gasteiger charge is 2.38. The van der Waals surface area contributed by atoms with Gasteiger partial charge in [0.2, 0.25) is 0 Å². The molecule has 1 aromatic carbocycles. The summed E-state index contributed by atoms with van der Waals surface area (Å²) < 4.78 is 36.1. The van der Waals surface area contributed by atoms with Gasteiger partial charge in [-0.25, -0.2) is 0 Å². The lowest BCUT2D eigenvalue weighted by Crippen LogP contribution is -2.29. The summed E-state index contributed by atoms with van der Waals surface area (Å²) in [4.78, 5) is 21.0. The fourth-order valence-corrected chi connectivity index (χ4v) is 1.56. The van der Waals surface area contributed by atoms with Gasteiger partial charge in [-0.15, -0.1) is 0 Å². The van der Waals surface area contributed by atoms with E-state index in [4.69, 9.17) is 5.11 Å². The van der Waals surface area contributed by atoms with Crippen molar-refractivity contribution >= 4 is 17.6 Å². The summed E-state index contributed by atoms with van der Waals surface area (Å²) in [6.45, 7) is 0. The van der Waals surface area contributed by atoms with E-state index in [-0.39, 0.29) is 12.1 Å². The van der Waals surface area contributed by atoms with Crippen molar-refractivity contribution < 1.29 is 27.9 Å². The van der Waals surface area contributed by atoms with E-state index in [2.05, 4.69) is 0 Å². The molecular weight excluding hydrogens is 275 g/mol. The lowest BCUT2D eigenvalue weighted by atomic mass is 10.1. The van der Waals surface area contributed by atoms with Gasteiger partial charge in [0, 0.05) is 12.1 Å². The van der Waals surface area contributed by atoms with E-state index >= 15 is 0 Å². The first-order chi connectivity index (χ1) is 9.29. The number of nitrogens with one attached hydrogen (secondary N) is 1. The number of unbranched alkanes of at least 4 members (excludes halogenated alkanes) is 1. The standard InChI is InChI=1S/C13H14F3NO3/c14-13(15,16)12(20)17-10-7-5-9(6-8-10)3-1-2-4-11(18)19/h5-8H,1-4H2,(H,17,20)(H,18,19). The van der Waals surface area contributed by atoms with Crippen molar-refractivity contribution in [2.75, 3.05) is 5.32 Å². The quantitative estimate of drug-likeness (QED) is 0.791. The number of alkyl halides is 3. The topological polar surface area (TPSA) is 66.4 Å². The van der Waals surface area contributed by atoms with Crippen LogP contribution in [0.1, 0.15) is 24.8 Å². The van der Waals surface area contributed by atoms with E-state index in [9.17, 15) is 22.8 Å². The number of amides is 1. The SMILES string of the molecule is O=C(O)CCCCc1ccc(NC(=O)C(F)(F)F)cc1. The van der Waals surface area contributed by atoms with Crippen LogP contribution in [0.2, 0.25) is 0 Å². The third kappa shape index (κ3) is 5.73. The number of anilines is 1. The highest BCUT2D eigenvalue weighted by molar-refractivity contribution is 5.94. The van der Waals surface area contributed by atoms with E-state index in [1.165, 1.54) is 12.1 Å². The summed E-state index contributed by atoms with van der Waals surface area (Å²) in [5.74, 6) is -2.86. The van der Waals surface area contributed by atoms with E-state index in [1.54, 1.807) is 17.4 Å². The van der Waals surface area contributed by atoms with Crippen molar-refractivity contribution in [1.29, 1.82) is 0 Å². The number of rotatable bonds is 6. The molecule has 1 rings (SSSR count). The molecule has 0 fully saturated rings. The number of carboxylic acid groups (broad SMARTS) is 1. The van der Waals surface area contributed by atoms with E-state index < -0.39 is 18.1 Å². The Labute approximate surface area is 113 Å². The molecule has 0 unspecified atom stereocenters. The minimum Gasteiger partial charge on any atom is -0.481 e. The number of benzene rings is 1. The Morgan fingerprint density at radius 2 is 1.70 bits per heavy atom. The number of aryl methyl sites for hydroxylation is 1. The van der Waals surface area contributed by atoms with Gasteiger partial charge in [-0.1, -0.05) is 12.1 Å². The fraction of sp³-hybridized carbons (Fsp3) is 0.385. The summed E-state index contributed by atoms with van der Waals surface area (Å²) >= 11 is 0. The number of hydrogen-bond donors (Lipinski definition) is 2. The van der Waals surface area contributed by atoms with E-state index in [1.807, 2.05) is 0 Å². The molecule has 1 amide bonds. The number of carbonyl (C=O) groups is 2. The maximum absolute atomic E-state index is 12.0. The van der Waals surface area contributed by atoms with Crippen LogP contribution < -0.4 is 5.32 Å². The zero-order valence-electron chi connectivity index (χ0n) is 10.5. The van der Waals surface area contributed by atoms with Crippen LogP contribution in [-0.4, -0.2) is 23.2 Å².